The second-order valence-electron chi connectivity index (χ2n) is 6.54. The molecular formula is C20H16O2. The van der Waals surface area contributed by atoms with E-state index in [9.17, 15) is 4.79 Å². The second-order valence-corrected chi connectivity index (χ2v) is 6.54. The highest BCUT2D eigenvalue weighted by atomic mass is 16.5. The smallest absolute Gasteiger partial charge is 0.317 e. The van der Waals surface area contributed by atoms with Crippen LogP contribution in [0.2, 0.25) is 0 Å². The van der Waals surface area contributed by atoms with E-state index >= 15 is 0 Å². The van der Waals surface area contributed by atoms with Gasteiger partial charge >= 0.3 is 5.97 Å². The molecule has 0 amide bonds. The lowest BCUT2D eigenvalue weighted by molar-refractivity contribution is -0.142. The Morgan fingerprint density at radius 1 is 0.909 bits per heavy atom. The summed E-state index contributed by atoms with van der Waals surface area (Å²) in [6.45, 7) is 0.526. The molecule has 1 spiro atoms. The van der Waals surface area contributed by atoms with Crippen LogP contribution in [0.4, 0.5) is 0 Å². The highest BCUT2D eigenvalue weighted by molar-refractivity contribution is 5.94. The molecule has 3 aliphatic rings. The van der Waals surface area contributed by atoms with Crippen molar-refractivity contribution in [2.45, 2.75) is 11.3 Å². The first-order valence-electron chi connectivity index (χ1n) is 7.78. The third kappa shape index (κ3) is 1.14. The van der Waals surface area contributed by atoms with Gasteiger partial charge in [0.15, 0.2) is 0 Å². The van der Waals surface area contributed by atoms with Crippen molar-refractivity contribution in [2.75, 3.05) is 6.61 Å². The van der Waals surface area contributed by atoms with Crippen LogP contribution in [0, 0.1) is 11.3 Å². The molecule has 2 aliphatic carbocycles. The summed E-state index contributed by atoms with van der Waals surface area (Å²) in [7, 11) is 0. The number of hydrogen-bond acceptors (Lipinski definition) is 2. The molecule has 4 atom stereocenters. The van der Waals surface area contributed by atoms with Crippen molar-refractivity contribution in [1.82, 2.24) is 0 Å². The van der Waals surface area contributed by atoms with Gasteiger partial charge in [0.2, 0.25) is 0 Å². The molecule has 2 aromatic rings. The highest BCUT2D eigenvalue weighted by Gasteiger charge is 2.88. The van der Waals surface area contributed by atoms with E-state index in [0.29, 0.717) is 6.61 Å². The maximum atomic E-state index is 12.7. The minimum absolute atomic E-state index is 0.0472. The summed E-state index contributed by atoms with van der Waals surface area (Å²) in [6.07, 6.45) is 4.51. The van der Waals surface area contributed by atoms with Crippen molar-refractivity contribution >= 4 is 5.97 Å². The van der Waals surface area contributed by atoms with Gasteiger partial charge in [0, 0.05) is 17.3 Å². The molecule has 0 N–H and O–H groups in total. The Labute approximate surface area is 129 Å². The number of hydrogen-bond donors (Lipinski definition) is 0. The predicted molar refractivity (Wildman–Crippen MR) is 83.3 cm³/mol. The maximum absolute atomic E-state index is 12.7. The molecule has 1 heterocycles. The van der Waals surface area contributed by atoms with Crippen molar-refractivity contribution in [1.29, 1.82) is 0 Å². The average Bonchev–Trinajstić information content (AvgIpc) is 2.83. The van der Waals surface area contributed by atoms with Gasteiger partial charge in [0.05, 0.1) is 6.61 Å². The molecule has 1 aliphatic heterocycles. The normalized spacial score (nSPS) is 37.5. The van der Waals surface area contributed by atoms with E-state index in [-0.39, 0.29) is 23.2 Å². The van der Waals surface area contributed by atoms with Crippen LogP contribution in [0.3, 0.4) is 0 Å². The highest BCUT2D eigenvalue weighted by Crippen LogP contribution is 2.81. The van der Waals surface area contributed by atoms with Crippen LogP contribution in [0.15, 0.2) is 72.8 Å². The molecule has 2 unspecified atom stereocenters. The van der Waals surface area contributed by atoms with Crippen molar-refractivity contribution < 1.29 is 9.53 Å². The van der Waals surface area contributed by atoms with Crippen LogP contribution < -0.4 is 0 Å². The summed E-state index contributed by atoms with van der Waals surface area (Å²) < 4.78 is 5.55. The quantitative estimate of drug-likeness (QED) is 0.625. The largest absolute Gasteiger partial charge is 0.464 e. The third-order valence-electron chi connectivity index (χ3n) is 5.88. The van der Waals surface area contributed by atoms with Gasteiger partial charge in [0.1, 0.15) is 5.41 Å². The Kier molecular flexibility index (Phi) is 2.16. The van der Waals surface area contributed by atoms with E-state index < -0.39 is 5.41 Å². The fourth-order valence-electron chi connectivity index (χ4n) is 4.98. The van der Waals surface area contributed by atoms with Gasteiger partial charge in [-0.3, -0.25) is 4.79 Å². The molecule has 1 saturated heterocycles. The van der Waals surface area contributed by atoms with Gasteiger partial charge < -0.3 is 4.74 Å². The van der Waals surface area contributed by atoms with Crippen LogP contribution in [0.25, 0.3) is 0 Å². The molecule has 0 radical (unpaired) electrons. The van der Waals surface area contributed by atoms with Gasteiger partial charge in [-0.25, -0.2) is 0 Å². The summed E-state index contributed by atoms with van der Waals surface area (Å²) in [4.78, 5) is 12.7. The van der Waals surface area contributed by atoms with Crippen molar-refractivity contribution in [2.24, 2.45) is 11.3 Å². The Hall–Kier alpha value is -2.35. The molecule has 2 nitrogen and oxygen atoms in total. The Morgan fingerprint density at radius 2 is 1.59 bits per heavy atom. The van der Waals surface area contributed by atoms with Crippen LogP contribution in [0.1, 0.15) is 17.0 Å². The SMILES string of the molecule is O=C1OCC23C(C=C[C@@H]2c2ccccc2)[C@]13c1ccccc1. The van der Waals surface area contributed by atoms with E-state index in [0.717, 1.165) is 5.56 Å². The van der Waals surface area contributed by atoms with Gasteiger partial charge in [-0.05, 0) is 11.1 Å². The molecule has 2 fully saturated rings. The fourth-order valence-corrected chi connectivity index (χ4v) is 4.98. The minimum Gasteiger partial charge on any atom is -0.464 e. The first-order valence-corrected chi connectivity index (χ1v) is 7.78. The lowest BCUT2D eigenvalue weighted by atomic mass is 9.77. The third-order valence-corrected chi connectivity index (χ3v) is 5.88. The minimum atomic E-state index is -0.469. The predicted octanol–water partition coefficient (Wildman–Crippen LogP) is 3.45. The first-order chi connectivity index (χ1) is 10.8. The Balaban J connectivity index is 1.69. The second kappa shape index (κ2) is 3.89. The van der Waals surface area contributed by atoms with Crippen LogP contribution in [-0.2, 0) is 14.9 Å². The molecule has 2 aromatic carbocycles. The number of carbonyl (C=O) groups excluding carboxylic acids is 1. The number of fused-ring (bicyclic) bond motifs is 1. The molecule has 2 heteroatoms. The van der Waals surface area contributed by atoms with Gasteiger partial charge in [-0.1, -0.05) is 72.8 Å². The number of ether oxygens (including phenoxy) is 1. The molecule has 108 valence electrons. The topological polar surface area (TPSA) is 26.3 Å². The summed E-state index contributed by atoms with van der Waals surface area (Å²) in [5.74, 6) is 0.480. The number of rotatable bonds is 2. The zero-order valence-electron chi connectivity index (χ0n) is 12.1. The standard InChI is InChI=1S/C20H16O2/c21-18-20(15-9-5-2-6-10-15)17-12-11-16(19(17,20)13-22-18)14-7-3-1-4-8-14/h1-12,16-17H,13H2/t16-,17?,19?,20-/m1/s1. The van der Waals surface area contributed by atoms with Crippen LogP contribution in [-0.4, -0.2) is 12.6 Å². The van der Waals surface area contributed by atoms with Gasteiger partial charge in [0.25, 0.3) is 0 Å². The molecule has 22 heavy (non-hydrogen) atoms. The fraction of sp³-hybridized carbons (Fsp3) is 0.250. The Morgan fingerprint density at radius 3 is 2.32 bits per heavy atom. The van der Waals surface area contributed by atoms with Gasteiger partial charge in [-0.15, -0.1) is 0 Å². The Bertz CT molecular complexity index is 780. The number of esters is 1. The number of cyclic esters (lactones) is 1. The molecule has 5 rings (SSSR count). The lowest BCUT2D eigenvalue weighted by Crippen LogP contribution is -2.26. The zero-order chi connectivity index (χ0) is 14.8. The van der Waals surface area contributed by atoms with E-state index in [2.05, 4.69) is 48.6 Å². The summed E-state index contributed by atoms with van der Waals surface area (Å²) in [5, 5.41) is 0. The number of benzene rings is 2. The molecule has 1 saturated carbocycles. The maximum Gasteiger partial charge on any atom is 0.317 e. The lowest BCUT2D eigenvalue weighted by Gasteiger charge is -2.22. The zero-order valence-corrected chi connectivity index (χ0v) is 12.1. The van der Waals surface area contributed by atoms with Crippen molar-refractivity contribution in [3.05, 3.63) is 83.9 Å². The van der Waals surface area contributed by atoms with E-state index in [1.54, 1.807) is 0 Å². The molecule has 0 bridgehead atoms. The monoisotopic (exact) mass is 288 g/mol. The van der Waals surface area contributed by atoms with Crippen molar-refractivity contribution in [3.63, 3.8) is 0 Å². The average molecular weight is 288 g/mol. The van der Waals surface area contributed by atoms with E-state index in [1.165, 1.54) is 5.56 Å². The van der Waals surface area contributed by atoms with Crippen LogP contribution >= 0.6 is 0 Å². The summed E-state index contributed by atoms with van der Waals surface area (Å²) >= 11 is 0. The molecule has 0 aromatic heterocycles. The first kappa shape index (κ1) is 12.2. The van der Waals surface area contributed by atoms with Crippen molar-refractivity contribution in [3.8, 4) is 0 Å². The number of allylic oxidation sites excluding steroid dienone is 2. The molecular weight excluding hydrogens is 272 g/mol. The van der Waals surface area contributed by atoms with Crippen LogP contribution in [0.5, 0.6) is 0 Å². The van der Waals surface area contributed by atoms with E-state index in [4.69, 9.17) is 4.74 Å². The summed E-state index contributed by atoms with van der Waals surface area (Å²) in [6, 6.07) is 20.6. The number of carbonyl (C=O) groups is 1. The van der Waals surface area contributed by atoms with Gasteiger partial charge in [-0.2, -0.15) is 0 Å². The summed E-state index contributed by atoms with van der Waals surface area (Å²) in [5.41, 5.74) is 1.79. The van der Waals surface area contributed by atoms with E-state index in [1.807, 2.05) is 24.3 Å².